The molecule has 5 heteroatoms. The van der Waals surface area contributed by atoms with Gasteiger partial charge >= 0.3 is 0 Å². The molecule has 0 radical (unpaired) electrons. The number of benzene rings is 3. The first-order valence-corrected chi connectivity index (χ1v) is 14.0. The summed E-state index contributed by atoms with van der Waals surface area (Å²) < 4.78 is 5.97. The van der Waals surface area contributed by atoms with Crippen LogP contribution in [0.1, 0.15) is 90.3 Å². The zero-order valence-electron chi connectivity index (χ0n) is 23.2. The van der Waals surface area contributed by atoms with Crippen molar-refractivity contribution in [1.82, 2.24) is 4.90 Å². The number of rotatable bonds is 16. The van der Waals surface area contributed by atoms with E-state index >= 15 is 0 Å². The average molecular weight is 515 g/mol. The Morgan fingerprint density at radius 2 is 1.26 bits per heavy atom. The quantitative estimate of drug-likeness (QED) is 0.127. The number of carbonyl (C=O) groups excluding carboxylic acids is 2. The summed E-state index contributed by atoms with van der Waals surface area (Å²) in [5.41, 5.74) is 9.34. The molecule has 3 rings (SSSR count). The van der Waals surface area contributed by atoms with Crippen LogP contribution in [0.3, 0.4) is 0 Å². The predicted octanol–water partition coefficient (Wildman–Crippen LogP) is 6.96. The molecule has 0 aromatic heterocycles. The van der Waals surface area contributed by atoms with Gasteiger partial charge in [0.25, 0.3) is 0 Å². The molecule has 0 saturated carbocycles. The van der Waals surface area contributed by atoms with E-state index in [4.69, 9.17) is 10.5 Å². The number of anilines is 1. The van der Waals surface area contributed by atoms with Crippen molar-refractivity contribution >= 4 is 17.3 Å². The monoisotopic (exact) mass is 514 g/mol. The molecule has 0 heterocycles. The minimum absolute atomic E-state index is 0.129. The van der Waals surface area contributed by atoms with E-state index < -0.39 is 0 Å². The number of ketones is 2. The topological polar surface area (TPSA) is 72.6 Å². The second-order valence-electron chi connectivity index (χ2n) is 9.75. The minimum Gasteiger partial charge on any atom is -0.494 e. The van der Waals surface area contributed by atoms with E-state index in [1.807, 2.05) is 37.3 Å². The third-order valence-corrected chi connectivity index (χ3v) is 6.81. The van der Waals surface area contributed by atoms with E-state index in [0.29, 0.717) is 46.5 Å². The van der Waals surface area contributed by atoms with E-state index in [-0.39, 0.29) is 11.6 Å². The van der Waals surface area contributed by atoms with E-state index in [9.17, 15) is 9.59 Å². The number of carbonyl (C=O) groups is 2. The van der Waals surface area contributed by atoms with Crippen LogP contribution in [0.25, 0.3) is 0 Å². The number of nitrogens with two attached hydrogens (primary N) is 1. The Kier molecular flexibility index (Phi) is 11.6. The van der Waals surface area contributed by atoms with Gasteiger partial charge in [-0.25, -0.2) is 0 Å². The van der Waals surface area contributed by atoms with Gasteiger partial charge in [-0.05, 0) is 80.7 Å². The summed E-state index contributed by atoms with van der Waals surface area (Å²) in [5, 5.41) is 0. The van der Waals surface area contributed by atoms with Crippen molar-refractivity contribution in [2.45, 2.75) is 59.3 Å². The van der Waals surface area contributed by atoms with E-state index in [1.54, 1.807) is 36.4 Å². The summed E-state index contributed by atoms with van der Waals surface area (Å²) in [5.74, 6) is 0.472. The summed E-state index contributed by atoms with van der Waals surface area (Å²) in [6.45, 7) is 10.4. The van der Waals surface area contributed by atoms with Crippen molar-refractivity contribution in [2.75, 3.05) is 32.0 Å². The molecule has 38 heavy (non-hydrogen) atoms. The molecule has 0 amide bonds. The lowest BCUT2D eigenvalue weighted by molar-refractivity contribution is 0.103. The van der Waals surface area contributed by atoms with Crippen molar-refractivity contribution < 1.29 is 14.3 Å². The van der Waals surface area contributed by atoms with Crippen LogP contribution in [-0.4, -0.2) is 42.7 Å². The van der Waals surface area contributed by atoms with Crippen LogP contribution in [0, 0.1) is 0 Å². The van der Waals surface area contributed by atoms with Crippen molar-refractivity contribution in [2.24, 2.45) is 0 Å². The third-order valence-electron chi connectivity index (χ3n) is 6.81. The van der Waals surface area contributed by atoms with Gasteiger partial charge in [-0.3, -0.25) is 9.59 Å². The average Bonchev–Trinajstić information content (AvgIpc) is 2.95. The van der Waals surface area contributed by atoms with Gasteiger partial charge in [-0.1, -0.05) is 63.9 Å². The first-order chi connectivity index (χ1) is 18.5. The molecule has 0 aliphatic heterocycles. The maximum atomic E-state index is 13.5. The van der Waals surface area contributed by atoms with Gasteiger partial charge in [-0.2, -0.15) is 0 Å². The molecule has 0 fully saturated rings. The van der Waals surface area contributed by atoms with Gasteiger partial charge in [0, 0.05) is 34.5 Å². The van der Waals surface area contributed by atoms with Crippen LogP contribution in [-0.2, 0) is 6.42 Å². The lowest BCUT2D eigenvalue weighted by Crippen LogP contribution is -2.28. The SMILES string of the molecule is CCCCN(CCCC)CCCOc1ccc(C(=O)c2cc(N)cc(C(=O)c3ccccc3)c2CC)cc1. The number of nitrogen functional groups attached to an aromatic ring is 1. The Labute approximate surface area is 228 Å². The van der Waals surface area contributed by atoms with E-state index in [2.05, 4.69) is 18.7 Å². The van der Waals surface area contributed by atoms with Crippen molar-refractivity contribution in [1.29, 1.82) is 0 Å². The molecule has 0 unspecified atom stereocenters. The Hall–Kier alpha value is -3.44. The van der Waals surface area contributed by atoms with Crippen LogP contribution in [0.5, 0.6) is 5.75 Å². The molecule has 3 aromatic carbocycles. The first kappa shape index (κ1) is 29.1. The number of ether oxygens (including phenoxy) is 1. The van der Waals surface area contributed by atoms with Crippen molar-refractivity contribution in [3.05, 3.63) is 94.5 Å². The summed E-state index contributed by atoms with van der Waals surface area (Å²) in [7, 11) is 0. The van der Waals surface area contributed by atoms with Gasteiger partial charge in [-0.15, -0.1) is 0 Å². The highest BCUT2D eigenvalue weighted by Crippen LogP contribution is 2.26. The molecule has 2 N–H and O–H groups in total. The van der Waals surface area contributed by atoms with Crippen molar-refractivity contribution in [3.63, 3.8) is 0 Å². The molecule has 0 saturated heterocycles. The molecule has 0 aliphatic rings. The summed E-state index contributed by atoms with van der Waals surface area (Å²) >= 11 is 0. The molecule has 0 spiro atoms. The number of hydrogen-bond acceptors (Lipinski definition) is 5. The maximum absolute atomic E-state index is 13.5. The second kappa shape index (κ2) is 15.1. The number of unbranched alkanes of at least 4 members (excludes halogenated alkanes) is 2. The molecule has 0 bridgehead atoms. The summed E-state index contributed by atoms with van der Waals surface area (Å²) in [6, 6.07) is 19.7. The van der Waals surface area contributed by atoms with Gasteiger partial charge in [0.1, 0.15) is 5.75 Å². The molecular formula is C33H42N2O3. The first-order valence-electron chi connectivity index (χ1n) is 14.0. The lowest BCUT2D eigenvalue weighted by Gasteiger charge is -2.21. The smallest absolute Gasteiger partial charge is 0.193 e. The fraction of sp³-hybridized carbons (Fsp3) is 0.394. The normalized spacial score (nSPS) is 11.1. The second-order valence-corrected chi connectivity index (χ2v) is 9.75. The third kappa shape index (κ3) is 8.03. The van der Waals surface area contributed by atoms with Gasteiger partial charge in [0.15, 0.2) is 11.6 Å². The van der Waals surface area contributed by atoms with Crippen LogP contribution >= 0.6 is 0 Å². The van der Waals surface area contributed by atoms with Crippen molar-refractivity contribution in [3.8, 4) is 5.75 Å². The predicted molar refractivity (Wildman–Crippen MR) is 156 cm³/mol. The highest BCUT2D eigenvalue weighted by Gasteiger charge is 2.21. The lowest BCUT2D eigenvalue weighted by atomic mass is 9.89. The Balaban J connectivity index is 1.67. The molecule has 3 aromatic rings. The molecular weight excluding hydrogens is 472 g/mol. The summed E-state index contributed by atoms with van der Waals surface area (Å²) in [6.07, 6.45) is 6.40. The van der Waals surface area contributed by atoms with E-state index in [0.717, 1.165) is 31.8 Å². The molecule has 5 nitrogen and oxygen atoms in total. The minimum atomic E-state index is -0.148. The van der Waals surface area contributed by atoms with Crippen LogP contribution < -0.4 is 10.5 Å². The zero-order chi connectivity index (χ0) is 27.3. The Morgan fingerprint density at radius 3 is 1.79 bits per heavy atom. The Morgan fingerprint density at radius 1 is 0.737 bits per heavy atom. The highest BCUT2D eigenvalue weighted by molar-refractivity contribution is 6.15. The van der Waals surface area contributed by atoms with Gasteiger partial charge in [0.05, 0.1) is 6.61 Å². The van der Waals surface area contributed by atoms with Gasteiger partial charge < -0.3 is 15.4 Å². The van der Waals surface area contributed by atoms with Crippen LogP contribution in [0.15, 0.2) is 66.7 Å². The highest BCUT2D eigenvalue weighted by atomic mass is 16.5. The maximum Gasteiger partial charge on any atom is 0.193 e. The zero-order valence-corrected chi connectivity index (χ0v) is 23.2. The number of hydrogen-bond donors (Lipinski definition) is 1. The summed E-state index contributed by atoms with van der Waals surface area (Å²) in [4.78, 5) is 29.2. The number of nitrogens with zero attached hydrogens (tertiary/aromatic N) is 1. The molecule has 0 atom stereocenters. The standard InChI is InChI=1S/C33H42N2O3/c1-4-7-19-35(20-8-5-2)21-12-22-38-28-17-15-26(16-18-28)33(37)31-24-27(34)23-30(29(31)6-3)32(36)25-13-10-9-11-14-25/h9-11,13-18,23-24H,4-8,12,19-22,34H2,1-3H3. The van der Waals surface area contributed by atoms with E-state index in [1.165, 1.54) is 25.7 Å². The van der Waals surface area contributed by atoms with Crippen LogP contribution in [0.4, 0.5) is 5.69 Å². The van der Waals surface area contributed by atoms with Crippen LogP contribution in [0.2, 0.25) is 0 Å². The fourth-order valence-corrected chi connectivity index (χ4v) is 4.66. The van der Waals surface area contributed by atoms with Gasteiger partial charge in [0.2, 0.25) is 0 Å². The largest absolute Gasteiger partial charge is 0.494 e. The Bertz CT molecular complexity index is 1160. The molecule has 202 valence electrons. The fourth-order valence-electron chi connectivity index (χ4n) is 4.66. The molecule has 0 aliphatic carbocycles.